The zero-order valence-electron chi connectivity index (χ0n) is 16.2. The molecule has 1 heteroatoms. The monoisotopic (exact) mass is 322 g/mol. The van der Waals surface area contributed by atoms with E-state index in [-0.39, 0.29) is 0 Å². The first-order chi connectivity index (χ1) is 11.2. The van der Waals surface area contributed by atoms with Crippen molar-refractivity contribution in [3.63, 3.8) is 0 Å². The molecule has 0 unspecified atom stereocenters. The molecule has 136 valence electrons. The topological polar surface area (TPSA) is 9.23 Å². The third-order valence-electron chi connectivity index (χ3n) is 6.86. The minimum Gasteiger partial charge on any atom is -0.378 e. The second-order valence-electron chi connectivity index (χ2n) is 8.87. The Morgan fingerprint density at radius 1 is 0.783 bits per heavy atom. The van der Waals surface area contributed by atoms with E-state index in [2.05, 4.69) is 20.8 Å². The SMILES string of the molecule is CCCCC[C@]1(C)CC[C@@H](C2CCC(OCCCC)CC2)CC1. The van der Waals surface area contributed by atoms with E-state index in [1.54, 1.807) is 0 Å². The van der Waals surface area contributed by atoms with E-state index in [1.165, 1.54) is 89.9 Å². The zero-order chi connectivity index (χ0) is 16.5. The lowest BCUT2D eigenvalue weighted by atomic mass is 9.64. The summed E-state index contributed by atoms with van der Waals surface area (Å²) in [7, 11) is 0. The second-order valence-corrected chi connectivity index (χ2v) is 8.87. The van der Waals surface area contributed by atoms with Crippen molar-refractivity contribution < 1.29 is 4.74 Å². The highest BCUT2D eigenvalue weighted by atomic mass is 16.5. The fourth-order valence-corrected chi connectivity index (χ4v) is 4.98. The molecule has 0 atom stereocenters. The molecule has 2 aliphatic carbocycles. The summed E-state index contributed by atoms with van der Waals surface area (Å²) in [6.07, 6.45) is 20.4. The van der Waals surface area contributed by atoms with Crippen molar-refractivity contribution in [1.82, 2.24) is 0 Å². The van der Waals surface area contributed by atoms with Gasteiger partial charge in [-0.2, -0.15) is 0 Å². The van der Waals surface area contributed by atoms with E-state index >= 15 is 0 Å². The van der Waals surface area contributed by atoms with Crippen LogP contribution in [0.15, 0.2) is 0 Å². The first-order valence-corrected chi connectivity index (χ1v) is 10.8. The molecule has 0 amide bonds. The van der Waals surface area contributed by atoms with Crippen LogP contribution in [0.5, 0.6) is 0 Å². The van der Waals surface area contributed by atoms with Gasteiger partial charge in [-0.3, -0.25) is 0 Å². The molecule has 2 saturated carbocycles. The molecule has 0 heterocycles. The van der Waals surface area contributed by atoms with Gasteiger partial charge in [0.1, 0.15) is 0 Å². The average Bonchev–Trinajstić information content (AvgIpc) is 2.57. The van der Waals surface area contributed by atoms with Gasteiger partial charge in [-0.25, -0.2) is 0 Å². The van der Waals surface area contributed by atoms with Crippen LogP contribution in [0.1, 0.15) is 111 Å². The van der Waals surface area contributed by atoms with Crippen molar-refractivity contribution in [1.29, 1.82) is 0 Å². The number of hydrogen-bond donors (Lipinski definition) is 0. The maximum Gasteiger partial charge on any atom is 0.0575 e. The molecule has 0 aromatic carbocycles. The Hall–Kier alpha value is -0.0400. The molecule has 0 bridgehead atoms. The fourth-order valence-electron chi connectivity index (χ4n) is 4.98. The predicted molar refractivity (Wildman–Crippen MR) is 101 cm³/mol. The number of rotatable bonds is 9. The zero-order valence-corrected chi connectivity index (χ0v) is 16.2. The van der Waals surface area contributed by atoms with Crippen LogP contribution >= 0.6 is 0 Å². The highest BCUT2D eigenvalue weighted by Gasteiger charge is 2.35. The van der Waals surface area contributed by atoms with Crippen molar-refractivity contribution >= 4 is 0 Å². The maximum absolute atomic E-state index is 6.05. The van der Waals surface area contributed by atoms with Gasteiger partial charge in [0.05, 0.1) is 6.10 Å². The normalized spacial score (nSPS) is 35.3. The molecule has 2 rings (SSSR count). The minimum absolute atomic E-state index is 0.584. The van der Waals surface area contributed by atoms with E-state index in [9.17, 15) is 0 Å². The van der Waals surface area contributed by atoms with Crippen molar-refractivity contribution in [3.05, 3.63) is 0 Å². The summed E-state index contributed by atoms with van der Waals surface area (Å²) in [4.78, 5) is 0. The molecule has 0 saturated heterocycles. The Labute approximate surface area is 146 Å². The lowest BCUT2D eigenvalue weighted by Crippen LogP contribution is -2.31. The quantitative estimate of drug-likeness (QED) is 0.410. The van der Waals surface area contributed by atoms with Crippen LogP contribution in [-0.2, 0) is 4.74 Å². The van der Waals surface area contributed by atoms with E-state index in [0.717, 1.165) is 18.4 Å². The summed E-state index contributed by atoms with van der Waals surface area (Å²) in [6, 6.07) is 0. The van der Waals surface area contributed by atoms with E-state index in [1.807, 2.05) is 0 Å². The average molecular weight is 323 g/mol. The van der Waals surface area contributed by atoms with Gasteiger partial charge in [0, 0.05) is 6.61 Å². The highest BCUT2D eigenvalue weighted by Crippen LogP contribution is 2.47. The summed E-state index contributed by atoms with van der Waals surface area (Å²) in [5.41, 5.74) is 0.673. The molecule has 1 nitrogen and oxygen atoms in total. The first kappa shape index (κ1) is 19.3. The van der Waals surface area contributed by atoms with Gasteiger partial charge in [0.2, 0.25) is 0 Å². The molecule has 2 fully saturated rings. The van der Waals surface area contributed by atoms with Crippen LogP contribution in [0.25, 0.3) is 0 Å². The molecule has 2 aliphatic rings. The largest absolute Gasteiger partial charge is 0.378 e. The summed E-state index contributed by atoms with van der Waals surface area (Å²) < 4.78 is 6.05. The number of unbranched alkanes of at least 4 members (excludes halogenated alkanes) is 3. The first-order valence-electron chi connectivity index (χ1n) is 10.8. The van der Waals surface area contributed by atoms with Crippen molar-refractivity contribution in [2.24, 2.45) is 17.3 Å². The Morgan fingerprint density at radius 2 is 1.39 bits per heavy atom. The smallest absolute Gasteiger partial charge is 0.0575 e. The molecule has 0 radical (unpaired) electrons. The number of ether oxygens (including phenoxy) is 1. The van der Waals surface area contributed by atoms with Crippen LogP contribution in [0.3, 0.4) is 0 Å². The second kappa shape index (κ2) is 10.1. The van der Waals surface area contributed by atoms with Gasteiger partial charge < -0.3 is 4.74 Å². The fraction of sp³-hybridized carbons (Fsp3) is 1.00. The maximum atomic E-state index is 6.05. The van der Waals surface area contributed by atoms with E-state index in [0.29, 0.717) is 11.5 Å². The van der Waals surface area contributed by atoms with Crippen molar-refractivity contribution in [2.75, 3.05) is 6.61 Å². The van der Waals surface area contributed by atoms with Gasteiger partial charge in [-0.15, -0.1) is 0 Å². The van der Waals surface area contributed by atoms with Crippen molar-refractivity contribution in [2.45, 2.75) is 117 Å². The molecule has 0 aliphatic heterocycles. The molecule has 0 aromatic heterocycles. The Balaban J connectivity index is 1.64. The molecular formula is C22H42O. The summed E-state index contributed by atoms with van der Waals surface area (Å²) in [5.74, 6) is 2.05. The lowest BCUT2D eigenvalue weighted by Gasteiger charge is -2.42. The molecule has 0 N–H and O–H groups in total. The van der Waals surface area contributed by atoms with Crippen molar-refractivity contribution in [3.8, 4) is 0 Å². The van der Waals surface area contributed by atoms with Crippen LogP contribution in [0.4, 0.5) is 0 Å². The van der Waals surface area contributed by atoms with Gasteiger partial charge >= 0.3 is 0 Å². The highest BCUT2D eigenvalue weighted by molar-refractivity contribution is 4.87. The molecule has 23 heavy (non-hydrogen) atoms. The lowest BCUT2D eigenvalue weighted by molar-refractivity contribution is 0.00256. The van der Waals surface area contributed by atoms with Gasteiger partial charge in [0.15, 0.2) is 0 Å². The Bertz CT molecular complexity index is 295. The van der Waals surface area contributed by atoms with Crippen LogP contribution in [0, 0.1) is 17.3 Å². The summed E-state index contributed by atoms with van der Waals surface area (Å²) >= 11 is 0. The van der Waals surface area contributed by atoms with Crippen LogP contribution in [-0.4, -0.2) is 12.7 Å². The molecule has 0 spiro atoms. The third kappa shape index (κ3) is 6.40. The van der Waals surface area contributed by atoms with Crippen LogP contribution < -0.4 is 0 Å². The predicted octanol–water partition coefficient (Wildman–Crippen LogP) is 7.14. The third-order valence-corrected chi connectivity index (χ3v) is 6.86. The molecule has 0 aromatic rings. The summed E-state index contributed by atoms with van der Waals surface area (Å²) in [5, 5.41) is 0. The minimum atomic E-state index is 0.584. The standard InChI is InChI=1S/C22H42O/c1-4-6-8-15-22(3)16-13-20(14-17-22)19-9-11-21(12-10-19)23-18-7-5-2/h19-21H,4-18H2,1-3H3/t19?,20-,21?,22-. The molecular weight excluding hydrogens is 280 g/mol. The van der Waals surface area contributed by atoms with E-state index in [4.69, 9.17) is 4.74 Å². The Morgan fingerprint density at radius 3 is 2.00 bits per heavy atom. The van der Waals surface area contributed by atoms with Gasteiger partial charge in [0.25, 0.3) is 0 Å². The number of hydrogen-bond acceptors (Lipinski definition) is 1. The van der Waals surface area contributed by atoms with Crippen LogP contribution in [0.2, 0.25) is 0 Å². The Kier molecular flexibility index (Phi) is 8.44. The van der Waals surface area contributed by atoms with E-state index < -0.39 is 0 Å². The van der Waals surface area contributed by atoms with Gasteiger partial charge in [-0.1, -0.05) is 46.5 Å². The summed E-state index contributed by atoms with van der Waals surface area (Å²) in [6.45, 7) is 8.13. The van der Waals surface area contributed by atoms with Gasteiger partial charge in [-0.05, 0) is 81.5 Å².